The third-order valence-corrected chi connectivity index (χ3v) is 5.02. The van der Waals surface area contributed by atoms with Gasteiger partial charge in [-0.05, 0) is 39.0 Å². The molecule has 0 aliphatic carbocycles. The zero-order valence-corrected chi connectivity index (χ0v) is 16.1. The lowest BCUT2D eigenvalue weighted by atomic mass is 10.2. The van der Waals surface area contributed by atoms with Gasteiger partial charge in [0, 0.05) is 16.8 Å². The van der Waals surface area contributed by atoms with Crippen molar-refractivity contribution in [2.45, 2.75) is 32.0 Å². The number of furan rings is 1. The molecule has 138 valence electrons. The van der Waals surface area contributed by atoms with Crippen LogP contribution in [-0.2, 0) is 4.79 Å². The van der Waals surface area contributed by atoms with Gasteiger partial charge in [-0.25, -0.2) is 9.50 Å². The Morgan fingerprint density at radius 2 is 2.07 bits per heavy atom. The summed E-state index contributed by atoms with van der Waals surface area (Å²) in [5.74, 6) is 1.40. The number of amides is 1. The van der Waals surface area contributed by atoms with Crippen LogP contribution in [0, 0.1) is 13.8 Å². The Bertz CT molecular complexity index is 1100. The van der Waals surface area contributed by atoms with Crippen molar-refractivity contribution in [3.63, 3.8) is 0 Å². The number of carbonyl (C=O) groups is 1. The molecular weight excluding hydrogens is 362 g/mol. The summed E-state index contributed by atoms with van der Waals surface area (Å²) in [4.78, 5) is 21.0. The molecule has 0 aliphatic rings. The fraction of sp³-hybridized carbons (Fsp3) is 0.263. The molecule has 1 aromatic carbocycles. The molecular formula is C19H19N5O2S. The Labute approximate surface area is 160 Å². The molecule has 0 saturated heterocycles. The minimum Gasteiger partial charge on any atom is -0.459 e. The van der Waals surface area contributed by atoms with Gasteiger partial charge in [0.15, 0.2) is 0 Å². The number of aromatic nitrogens is 4. The molecule has 0 unspecified atom stereocenters. The highest BCUT2D eigenvalue weighted by atomic mass is 32.2. The van der Waals surface area contributed by atoms with E-state index in [1.165, 1.54) is 11.8 Å². The van der Waals surface area contributed by atoms with Crippen LogP contribution in [0.25, 0.3) is 16.7 Å². The second-order valence-corrected chi connectivity index (χ2v) is 7.35. The fourth-order valence-corrected chi connectivity index (χ4v) is 3.54. The molecule has 1 N–H and O–H groups in total. The molecule has 7 nitrogen and oxygen atoms in total. The third kappa shape index (κ3) is 3.66. The summed E-state index contributed by atoms with van der Waals surface area (Å²) >= 11 is 1.29. The maximum Gasteiger partial charge on any atom is 0.253 e. The number of nitrogens with one attached hydrogen (secondary N) is 1. The van der Waals surface area contributed by atoms with Gasteiger partial charge in [0.05, 0.1) is 11.8 Å². The van der Waals surface area contributed by atoms with Gasteiger partial charge in [-0.3, -0.25) is 4.79 Å². The number of para-hydroxylation sites is 1. The van der Waals surface area contributed by atoms with Crippen LogP contribution in [0.3, 0.4) is 0 Å². The first-order chi connectivity index (χ1) is 13.0. The van der Waals surface area contributed by atoms with E-state index < -0.39 is 0 Å². The van der Waals surface area contributed by atoms with E-state index in [4.69, 9.17) is 4.42 Å². The topological polar surface area (TPSA) is 85.3 Å². The van der Waals surface area contributed by atoms with E-state index >= 15 is 0 Å². The predicted molar refractivity (Wildman–Crippen MR) is 104 cm³/mol. The molecule has 0 saturated carbocycles. The first-order valence-corrected chi connectivity index (χ1v) is 9.60. The molecule has 1 atom stereocenters. The standard InChI is InChI=1S/C19H19N5O2S/c1-11-8-12(2)24-18(20-11)22-19(23-24)27-10-17(25)21-13(3)16-9-14-6-4-5-7-15(14)26-16/h4-9,13H,10H2,1-3H3,(H,21,25)/t13-/m1/s1. The van der Waals surface area contributed by atoms with Gasteiger partial charge in [-0.15, -0.1) is 5.10 Å². The second-order valence-electron chi connectivity index (χ2n) is 6.41. The van der Waals surface area contributed by atoms with E-state index in [1.54, 1.807) is 4.52 Å². The summed E-state index contributed by atoms with van der Waals surface area (Å²) in [5, 5.41) is 8.90. The van der Waals surface area contributed by atoms with E-state index in [2.05, 4.69) is 20.4 Å². The van der Waals surface area contributed by atoms with Crippen molar-refractivity contribution < 1.29 is 9.21 Å². The van der Waals surface area contributed by atoms with Crippen molar-refractivity contribution in [1.82, 2.24) is 24.9 Å². The Balaban J connectivity index is 1.40. The van der Waals surface area contributed by atoms with Crippen molar-refractivity contribution in [3.8, 4) is 0 Å². The van der Waals surface area contributed by atoms with E-state index in [0.717, 1.165) is 28.1 Å². The van der Waals surface area contributed by atoms with Crippen LogP contribution >= 0.6 is 11.8 Å². The van der Waals surface area contributed by atoms with E-state index in [-0.39, 0.29) is 17.7 Å². The molecule has 4 aromatic rings. The van der Waals surface area contributed by atoms with Crippen LogP contribution in [0.1, 0.15) is 30.1 Å². The molecule has 0 radical (unpaired) electrons. The van der Waals surface area contributed by atoms with Crippen LogP contribution in [0.5, 0.6) is 0 Å². The number of hydrogen-bond donors (Lipinski definition) is 1. The smallest absolute Gasteiger partial charge is 0.253 e. The Morgan fingerprint density at radius 1 is 1.26 bits per heavy atom. The summed E-state index contributed by atoms with van der Waals surface area (Å²) in [7, 11) is 0. The summed E-state index contributed by atoms with van der Waals surface area (Å²) in [5.41, 5.74) is 2.66. The van der Waals surface area contributed by atoms with E-state index in [9.17, 15) is 4.79 Å². The SMILES string of the molecule is Cc1cc(C)n2nc(SCC(=O)N[C@H](C)c3cc4ccccc4o3)nc2n1. The van der Waals surface area contributed by atoms with Crippen molar-refractivity contribution in [3.05, 3.63) is 53.5 Å². The number of benzene rings is 1. The molecule has 0 bridgehead atoms. The van der Waals surface area contributed by atoms with Gasteiger partial charge in [0.1, 0.15) is 11.3 Å². The summed E-state index contributed by atoms with van der Waals surface area (Å²) in [6.07, 6.45) is 0. The number of fused-ring (bicyclic) bond motifs is 2. The number of aryl methyl sites for hydroxylation is 2. The molecule has 8 heteroatoms. The van der Waals surface area contributed by atoms with Gasteiger partial charge >= 0.3 is 0 Å². The zero-order chi connectivity index (χ0) is 19.0. The lowest BCUT2D eigenvalue weighted by molar-refractivity contribution is -0.119. The van der Waals surface area contributed by atoms with Crippen molar-refractivity contribution >= 4 is 34.4 Å². The number of carbonyl (C=O) groups excluding carboxylic acids is 1. The maximum absolute atomic E-state index is 12.3. The van der Waals surface area contributed by atoms with Gasteiger partial charge in [0.25, 0.3) is 5.78 Å². The molecule has 0 aliphatic heterocycles. The van der Waals surface area contributed by atoms with Gasteiger partial charge < -0.3 is 9.73 Å². The minimum atomic E-state index is -0.217. The van der Waals surface area contributed by atoms with Gasteiger partial charge in [0.2, 0.25) is 11.1 Å². The fourth-order valence-electron chi connectivity index (χ4n) is 2.91. The lowest BCUT2D eigenvalue weighted by Gasteiger charge is -2.10. The highest BCUT2D eigenvalue weighted by Gasteiger charge is 2.15. The number of thioether (sulfide) groups is 1. The average Bonchev–Trinajstić information content (AvgIpc) is 3.23. The summed E-state index contributed by atoms with van der Waals surface area (Å²) in [6, 6.07) is 11.5. The second kappa shape index (κ2) is 7.03. The molecule has 4 rings (SSSR count). The Kier molecular flexibility index (Phi) is 4.57. The van der Waals surface area contributed by atoms with Gasteiger partial charge in [-0.1, -0.05) is 30.0 Å². The number of nitrogens with zero attached hydrogens (tertiary/aromatic N) is 4. The molecule has 0 spiro atoms. The van der Waals surface area contributed by atoms with Crippen LogP contribution in [0.2, 0.25) is 0 Å². The maximum atomic E-state index is 12.3. The molecule has 3 aromatic heterocycles. The highest BCUT2D eigenvalue weighted by Crippen LogP contribution is 2.24. The Hall–Kier alpha value is -2.87. The quantitative estimate of drug-likeness (QED) is 0.533. The zero-order valence-electron chi connectivity index (χ0n) is 15.3. The third-order valence-electron chi connectivity index (χ3n) is 4.18. The monoisotopic (exact) mass is 381 g/mol. The first kappa shape index (κ1) is 17.5. The van der Waals surface area contributed by atoms with Crippen molar-refractivity contribution in [2.75, 3.05) is 5.75 Å². The molecule has 3 heterocycles. The van der Waals surface area contributed by atoms with Gasteiger partial charge in [-0.2, -0.15) is 4.98 Å². The van der Waals surface area contributed by atoms with E-state index in [1.807, 2.05) is 57.2 Å². The number of rotatable bonds is 5. The normalized spacial score (nSPS) is 12.6. The summed E-state index contributed by atoms with van der Waals surface area (Å²) < 4.78 is 7.48. The number of hydrogen-bond acceptors (Lipinski definition) is 6. The van der Waals surface area contributed by atoms with Crippen molar-refractivity contribution in [1.29, 1.82) is 0 Å². The largest absolute Gasteiger partial charge is 0.459 e. The molecule has 0 fully saturated rings. The minimum absolute atomic E-state index is 0.104. The summed E-state index contributed by atoms with van der Waals surface area (Å²) in [6.45, 7) is 5.77. The van der Waals surface area contributed by atoms with Crippen LogP contribution < -0.4 is 5.32 Å². The van der Waals surface area contributed by atoms with E-state index in [0.29, 0.717) is 10.9 Å². The molecule has 27 heavy (non-hydrogen) atoms. The van der Waals surface area contributed by atoms with Crippen LogP contribution in [0.4, 0.5) is 0 Å². The van der Waals surface area contributed by atoms with Crippen LogP contribution in [-0.4, -0.2) is 31.2 Å². The molecule has 1 amide bonds. The predicted octanol–water partition coefficient (Wildman–Crippen LogP) is 3.46. The Morgan fingerprint density at radius 3 is 2.89 bits per heavy atom. The average molecular weight is 381 g/mol. The van der Waals surface area contributed by atoms with Crippen molar-refractivity contribution in [2.24, 2.45) is 0 Å². The highest BCUT2D eigenvalue weighted by molar-refractivity contribution is 7.99. The lowest BCUT2D eigenvalue weighted by Crippen LogP contribution is -2.27. The first-order valence-electron chi connectivity index (χ1n) is 8.61. The van der Waals surface area contributed by atoms with Crippen LogP contribution in [0.15, 0.2) is 46.0 Å².